The molecule has 0 unspecified atom stereocenters. The van der Waals surface area contributed by atoms with Crippen LogP contribution in [0.25, 0.3) is 10.9 Å². The lowest BCUT2D eigenvalue weighted by Gasteiger charge is -2.06. The van der Waals surface area contributed by atoms with Gasteiger partial charge in [-0.25, -0.2) is 0 Å². The van der Waals surface area contributed by atoms with Gasteiger partial charge in [-0.05, 0) is 36.4 Å². The van der Waals surface area contributed by atoms with Gasteiger partial charge in [-0.15, -0.1) is 0 Å². The number of rotatable bonds is 2. The highest BCUT2D eigenvalue weighted by Crippen LogP contribution is 2.22. The molecule has 0 amide bonds. The van der Waals surface area contributed by atoms with E-state index in [1.807, 2.05) is 42.1 Å². The molecular weight excluding hydrogens is 258 g/mol. The quantitative estimate of drug-likeness (QED) is 0.643. The number of fused-ring (bicyclic) bond motifs is 1. The number of hydrogen-bond donors (Lipinski definition) is 0. The maximum atomic E-state index is 12.6. The number of carbonyl (C=O) groups excluding carboxylic acids is 1. The number of benzene rings is 2. The summed E-state index contributed by atoms with van der Waals surface area (Å²) in [6, 6.07) is 14.8. The Morgan fingerprint density at radius 3 is 2.53 bits per heavy atom. The lowest BCUT2D eigenvalue weighted by Crippen LogP contribution is -2.03. The monoisotopic (exact) mass is 269 g/mol. The van der Waals surface area contributed by atoms with E-state index < -0.39 is 0 Å². The van der Waals surface area contributed by atoms with Gasteiger partial charge in [0.1, 0.15) is 0 Å². The molecule has 0 aliphatic heterocycles. The average molecular weight is 270 g/mol. The zero-order chi connectivity index (χ0) is 13.4. The van der Waals surface area contributed by atoms with Gasteiger partial charge in [0.05, 0.1) is 5.52 Å². The highest BCUT2D eigenvalue weighted by Gasteiger charge is 2.14. The van der Waals surface area contributed by atoms with Crippen molar-refractivity contribution in [1.82, 2.24) is 4.57 Å². The van der Waals surface area contributed by atoms with Crippen LogP contribution in [0.4, 0.5) is 0 Å². The number of aromatic nitrogens is 1. The molecule has 0 N–H and O–H groups in total. The van der Waals surface area contributed by atoms with Crippen molar-refractivity contribution in [3.8, 4) is 0 Å². The van der Waals surface area contributed by atoms with Crippen LogP contribution >= 0.6 is 11.6 Å². The fourth-order valence-electron chi connectivity index (χ4n) is 2.30. The predicted octanol–water partition coefficient (Wildman–Crippen LogP) is 4.06. The second-order valence-corrected chi connectivity index (χ2v) is 4.94. The molecule has 0 spiro atoms. The third-order valence-corrected chi connectivity index (χ3v) is 3.50. The van der Waals surface area contributed by atoms with Crippen molar-refractivity contribution < 1.29 is 4.79 Å². The van der Waals surface area contributed by atoms with Crippen LogP contribution in [-0.2, 0) is 7.05 Å². The fourth-order valence-corrected chi connectivity index (χ4v) is 2.42. The Balaban J connectivity index is 2.16. The minimum absolute atomic E-state index is 0.0177. The van der Waals surface area contributed by atoms with Crippen LogP contribution in [0.1, 0.15) is 15.9 Å². The van der Waals surface area contributed by atoms with E-state index in [0.29, 0.717) is 16.1 Å². The first kappa shape index (κ1) is 12.0. The lowest BCUT2D eigenvalue weighted by molar-refractivity contribution is 0.104. The Hall–Kier alpha value is -2.06. The standard InChI is InChI=1S/C16H12ClNO/c1-18-10-9-11-3-2-4-14(15(11)18)16(19)12-5-7-13(17)8-6-12/h2-10H,1H3. The van der Waals surface area contributed by atoms with Crippen LogP contribution in [0.3, 0.4) is 0 Å². The van der Waals surface area contributed by atoms with Gasteiger partial charge < -0.3 is 4.57 Å². The van der Waals surface area contributed by atoms with Crippen LogP contribution in [0, 0.1) is 0 Å². The molecule has 0 aliphatic carbocycles. The Kier molecular flexibility index (Phi) is 2.88. The van der Waals surface area contributed by atoms with Crippen molar-refractivity contribution in [2.45, 2.75) is 0 Å². The first-order valence-corrected chi connectivity index (χ1v) is 6.39. The van der Waals surface area contributed by atoms with E-state index >= 15 is 0 Å². The average Bonchev–Trinajstić information content (AvgIpc) is 2.81. The molecular formula is C16H12ClNO. The predicted molar refractivity (Wildman–Crippen MR) is 77.8 cm³/mol. The van der Waals surface area contributed by atoms with E-state index in [1.54, 1.807) is 24.3 Å². The van der Waals surface area contributed by atoms with E-state index in [-0.39, 0.29) is 5.78 Å². The second kappa shape index (κ2) is 4.56. The van der Waals surface area contributed by atoms with Crippen molar-refractivity contribution in [1.29, 1.82) is 0 Å². The molecule has 2 nitrogen and oxygen atoms in total. The number of aryl methyl sites for hydroxylation is 1. The van der Waals surface area contributed by atoms with Crippen molar-refractivity contribution in [3.63, 3.8) is 0 Å². The highest BCUT2D eigenvalue weighted by molar-refractivity contribution is 6.30. The number of halogens is 1. The van der Waals surface area contributed by atoms with E-state index in [9.17, 15) is 4.79 Å². The van der Waals surface area contributed by atoms with Crippen LogP contribution in [0.15, 0.2) is 54.7 Å². The summed E-state index contributed by atoms with van der Waals surface area (Å²) in [6.07, 6.45) is 1.96. The molecule has 0 bridgehead atoms. The number of nitrogens with zero attached hydrogens (tertiary/aromatic N) is 1. The molecule has 2 aromatic carbocycles. The third kappa shape index (κ3) is 2.04. The molecule has 94 valence electrons. The Morgan fingerprint density at radius 1 is 1.05 bits per heavy atom. The smallest absolute Gasteiger partial charge is 0.195 e. The molecule has 3 aromatic rings. The van der Waals surface area contributed by atoms with Gasteiger partial charge in [0.25, 0.3) is 0 Å². The molecule has 0 radical (unpaired) electrons. The van der Waals surface area contributed by atoms with Gasteiger partial charge >= 0.3 is 0 Å². The molecule has 0 saturated heterocycles. The van der Waals surface area contributed by atoms with E-state index in [2.05, 4.69) is 0 Å². The number of carbonyl (C=O) groups is 1. The van der Waals surface area contributed by atoms with Gasteiger partial charge in [-0.1, -0.05) is 23.7 Å². The molecule has 1 aromatic heterocycles. The Morgan fingerprint density at radius 2 is 1.79 bits per heavy atom. The molecule has 1 heterocycles. The van der Waals surface area contributed by atoms with Crippen LogP contribution in [0.5, 0.6) is 0 Å². The molecule has 19 heavy (non-hydrogen) atoms. The highest BCUT2D eigenvalue weighted by atomic mass is 35.5. The summed E-state index contributed by atoms with van der Waals surface area (Å²) in [7, 11) is 1.95. The van der Waals surface area contributed by atoms with Gasteiger partial charge in [-0.2, -0.15) is 0 Å². The number of ketones is 1. The zero-order valence-corrected chi connectivity index (χ0v) is 11.2. The Bertz CT molecular complexity index is 756. The number of hydrogen-bond acceptors (Lipinski definition) is 1. The summed E-state index contributed by atoms with van der Waals surface area (Å²) in [5, 5.41) is 1.70. The second-order valence-electron chi connectivity index (χ2n) is 4.51. The minimum atomic E-state index is 0.0177. The molecule has 3 heteroatoms. The van der Waals surface area contributed by atoms with Crippen LogP contribution in [0.2, 0.25) is 5.02 Å². The van der Waals surface area contributed by atoms with Crippen LogP contribution < -0.4 is 0 Å². The number of para-hydroxylation sites is 1. The van der Waals surface area contributed by atoms with Crippen molar-refractivity contribution in [2.75, 3.05) is 0 Å². The molecule has 0 fully saturated rings. The van der Waals surface area contributed by atoms with Gasteiger partial charge in [0, 0.05) is 34.8 Å². The van der Waals surface area contributed by atoms with E-state index in [0.717, 1.165) is 10.9 Å². The van der Waals surface area contributed by atoms with Crippen LogP contribution in [-0.4, -0.2) is 10.4 Å². The fraction of sp³-hybridized carbons (Fsp3) is 0.0625. The Labute approximate surface area is 116 Å². The maximum absolute atomic E-state index is 12.6. The van der Waals surface area contributed by atoms with E-state index in [4.69, 9.17) is 11.6 Å². The minimum Gasteiger partial charge on any atom is -0.350 e. The summed E-state index contributed by atoms with van der Waals surface area (Å²) in [4.78, 5) is 12.6. The summed E-state index contributed by atoms with van der Waals surface area (Å²) >= 11 is 5.85. The zero-order valence-electron chi connectivity index (χ0n) is 10.4. The molecule has 0 aliphatic rings. The SMILES string of the molecule is Cn1ccc2cccc(C(=O)c3ccc(Cl)cc3)c21. The summed E-state index contributed by atoms with van der Waals surface area (Å²) in [6.45, 7) is 0. The first-order chi connectivity index (χ1) is 9.16. The molecule has 0 saturated carbocycles. The van der Waals surface area contributed by atoms with Gasteiger partial charge in [-0.3, -0.25) is 4.79 Å². The summed E-state index contributed by atoms with van der Waals surface area (Å²) in [5.41, 5.74) is 2.33. The van der Waals surface area contributed by atoms with Crippen molar-refractivity contribution >= 4 is 28.3 Å². The van der Waals surface area contributed by atoms with E-state index in [1.165, 1.54) is 0 Å². The van der Waals surface area contributed by atoms with Crippen molar-refractivity contribution in [2.24, 2.45) is 7.05 Å². The normalized spacial score (nSPS) is 10.8. The topological polar surface area (TPSA) is 22.0 Å². The molecule has 0 atom stereocenters. The van der Waals surface area contributed by atoms with Crippen molar-refractivity contribution in [3.05, 3.63) is 70.9 Å². The largest absolute Gasteiger partial charge is 0.350 e. The van der Waals surface area contributed by atoms with Gasteiger partial charge in [0.2, 0.25) is 0 Å². The molecule has 3 rings (SSSR count). The van der Waals surface area contributed by atoms with Gasteiger partial charge in [0.15, 0.2) is 5.78 Å². The lowest BCUT2D eigenvalue weighted by atomic mass is 10.0. The first-order valence-electron chi connectivity index (χ1n) is 6.01. The summed E-state index contributed by atoms with van der Waals surface area (Å²) < 4.78 is 1.97. The summed E-state index contributed by atoms with van der Waals surface area (Å²) in [5.74, 6) is 0.0177. The maximum Gasteiger partial charge on any atom is 0.195 e. The third-order valence-electron chi connectivity index (χ3n) is 3.25.